The number of benzene rings is 1. The molecule has 1 aliphatic carbocycles. The van der Waals surface area contributed by atoms with Crippen molar-refractivity contribution in [3.8, 4) is 5.75 Å². The highest BCUT2D eigenvalue weighted by molar-refractivity contribution is 7.89. The van der Waals surface area contributed by atoms with Gasteiger partial charge in [-0.3, -0.25) is 9.59 Å². The Morgan fingerprint density at radius 3 is 2.28 bits per heavy atom. The van der Waals surface area contributed by atoms with E-state index in [1.54, 1.807) is 13.8 Å². The minimum Gasteiger partial charge on any atom is -0.497 e. The molecule has 0 unspecified atom stereocenters. The van der Waals surface area contributed by atoms with Crippen molar-refractivity contribution < 1.29 is 27.5 Å². The molecule has 162 valence electrons. The van der Waals surface area contributed by atoms with Crippen LogP contribution < -0.4 is 14.8 Å². The van der Waals surface area contributed by atoms with Gasteiger partial charge in [0, 0.05) is 6.04 Å². The number of hydrogen-bond donors (Lipinski definition) is 2. The highest BCUT2D eigenvalue weighted by Crippen LogP contribution is 2.18. The summed E-state index contributed by atoms with van der Waals surface area (Å²) < 4.78 is 37.7. The van der Waals surface area contributed by atoms with Crippen LogP contribution >= 0.6 is 0 Å². The summed E-state index contributed by atoms with van der Waals surface area (Å²) in [7, 11) is -2.46. The van der Waals surface area contributed by atoms with Crippen LogP contribution in [0.4, 0.5) is 0 Å². The van der Waals surface area contributed by atoms with Gasteiger partial charge in [-0.25, -0.2) is 8.42 Å². The van der Waals surface area contributed by atoms with Crippen LogP contribution in [0, 0.1) is 5.92 Å². The van der Waals surface area contributed by atoms with E-state index in [1.165, 1.54) is 37.8 Å². The van der Waals surface area contributed by atoms with Gasteiger partial charge in [-0.15, -0.1) is 0 Å². The Bertz CT molecular complexity index is 786. The van der Waals surface area contributed by atoms with E-state index < -0.39 is 28.6 Å². The molecule has 0 radical (unpaired) electrons. The highest BCUT2D eigenvalue weighted by atomic mass is 32.2. The highest BCUT2D eigenvalue weighted by Gasteiger charge is 2.30. The van der Waals surface area contributed by atoms with Crippen molar-refractivity contribution in [2.45, 2.75) is 62.9 Å². The predicted molar refractivity (Wildman–Crippen MR) is 108 cm³/mol. The van der Waals surface area contributed by atoms with E-state index in [1.807, 2.05) is 0 Å². The molecule has 1 atom stereocenters. The number of sulfonamides is 1. The molecule has 2 rings (SSSR count). The minimum atomic E-state index is -3.94. The molecule has 0 aromatic heterocycles. The van der Waals surface area contributed by atoms with Crippen LogP contribution in [0.1, 0.15) is 46.0 Å². The first-order valence-electron chi connectivity index (χ1n) is 9.85. The summed E-state index contributed by atoms with van der Waals surface area (Å²) in [5.74, 6) is -0.994. The number of rotatable bonds is 9. The van der Waals surface area contributed by atoms with Crippen molar-refractivity contribution in [2.24, 2.45) is 5.92 Å². The zero-order valence-corrected chi connectivity index (χ0v) is 18.0. The smallest absolute Gasteiger partial charge is 0.324 e. The molecule has 1 aliphatic rings. The van der Waals surface area contributed by atoms with E-state index in [9.17, 15) is 18.0 Å². The largest absolute Gasteiger partial charge is 0.497 e. The third-order valence-corrected chi connectivity index (χ3v) is 6.35. The van der Waals surface area contributed by atoms with Gasteiger partial charge in [0.2, 0.25) is 10.0 Å². The van der Waals surface area contributed by atoms with Crippen LogP contribution in [0.25, 0.3) is 0 Å². The molecule has 0 heterocycles. The topological polar surface area (TPSA) is 111 Å². The number of methoxy groups -OCH3 is 1. The molecule has 0 saturated heterocycles. The van der Waals surface area contributed by atoms with Gasteiger partial charge in [-0.05, 0) is 43.0 Å². The molecule has 1 fully saturated rings. The van der Waals surface area contributed by atoms with E-state index in [0.717, 1.165) is 25.7 Å². The maximum absolute atomic E-state index is 12.6. The Balaban J connectivity index is 1.94. The number of esters is 1. The number of amides is 1. The Morgan fingerprint density at radius 1 is 1.10 bits per heavy atom. The Hall–Kier alpha value is -2.13. The summed E-state index contributed by atoms with van der Waals surface area (Å²) in [4.78, 5) is 24.5. The van der Waals surface area contributed by atoms with Gasteiger partial charge in [0.15, 0.2) is 6.61 Å². The fourth-order valence-corrected chi connectivity index (χ4v) is 4.52. The molecule has 2 N–H and O–H groups in total. The van der Waals surface area contributed by atoms with Crippen LogP contribution in [0.15, 0.2) is 29.2 Å². The van der Waals surface area contributed by atoms with Crippen LogP contribution in [0.2, 0.25) is 0 Å². The van der Waals surface area contributed by atoms with Crippen molar-refractivity contribution in [1.82, 2.24) is 10.0 Å². The Labute approximate surface area is 172 Å². The standard InChI is InChI=1S/C20H30N2O6S/c1-14(2)19(22-29(25,26)17-11-9-16(27-3)10-12-17)20(24)28-13-18(23)21-15-7-5-4-6-8-15/h9-12,14-15,19,22H,4-8,13H2,1-3H3,(H,21,23)/t19-/m0/s1. The van der Waals surface area contributed by atoms with Crippen molar-refractivity contribution in [2.75, 3.05) is 13.7 Å². The average molecular weight is 427 g/mol. The van der Waals surface area contributed by atoms with Crippen molar-refractivity contribution in [3.05, 3.63) is 24.3 Å². The fourth-order valence-electron chi connectivity index (χ4n) is 3.19. The molecule has 0 bridgehead atoms. The van der Waals surface area contributed by atoms with Gasteiger partial charge >= 0.3 is 5.97 Å². The maximum Gasteiger partial charge on any atom is 0.324 e. The second kappa shape index (κ2) is 10.6. The lowest BCUT2D eigenvalue weighted by molar-refractivity contribution is -0.151. The van der Waals surface area contributed by atoms with E-state index in [4.69, 9.17) is 9.47 Å². The summed E-state index contributed by atoms with van der Waals surface area (Å²) in [6, 6.07) is 4.83. The van der Waals surface area contributed by atoms with Crippen LogP contribution in [0.3, 0.4) is 0 Å². The van der Waals surface area contributed by atoms with Gasteiger partial charge in [0.25, 0.3) is 5.91 Å². The third kappa shape index (κ3) is 7.01. The first-order valence-corrected chi connectivity index (χ1v) is 11.3. The Morgan fingerprint density at radius 2 is 1.72 bits per heavy atom. The summed E-state index contributed by atoms with van der Waals surface area (Å²) in [5.41, 5.74) is 0. The Kier molecular flexibility index (Phi) is 8.45. The van der Waals surface area contributed by atoms with Crippen LogP contribution in [-0.2, 0) is 24.3 Å². The molecule has 1 aromatic rings. The minimum absolute atomic E-state index is 0.00629. The van der Waals surface area contributed by atoms with Gasteiger partial charge < -0.3 is 14.8 Å². The first-order chi connectivity index (χ1) is 13.7. The molecule has 9 heteroatoms. The summed E-state index contributed by atoms with van der Waals surface area (Å²) in [6.07, 6.45) is 5.18. The molecule has 1 amide bonds. The van der Waals surface area contributed by atoms with Gasteiger partial charge in [-0.2, -0.15) is 4.72 Å². The lowest BCUT2D eigenvalue weighted by atomic mass is 9.95. The molecule has 0 spiro atoms. The fraction of sp³-hybridized carbons (Fsp3) is 0.600. The zero-order valence-electron chi connectivity index (χ0n) is 17.1. The maximum atomic E-state index is 12.6. The number of hydrogen-bond acceptors (Lipinski definition) is 6. The monoisotopic (exact) mass is 426 g/mol. The second-order valence-corrected chi connectivity index (χ2v) is 9.24. The van der Waals surface area contributed by atoms with Crippen LogP contribution in [-0.4, -0.2) is 46.1 Å². The van der Waals surface area contributed by atoms with Crippen molar-refractivity contribution >= 4 is 21.9 Å². The molecule has 8 nitrogen and oxygen atoms in total. The lowest BCUT2D eigenvalue weighted by Gasteiger charge is -2.23. The van der Waals surface area contributed by atoms with Crippen molar-refractivity contribution in [1.29, 1.82) is 0 Å². The van der Waals surface area contributed by atoms with E-state index in [2.05, 4.69) is 10.0 Å². The van der Waals surface area contributed by atoms with E-state index >= 15 is 0 Å². The molecule has 0 aliphatic heterocycles. The molecule has 1 aromatic carbocycles. The molecular weight excluding hydrogens is 396 g/mol. The second-order valence-electron chi connectivity index (χ2n) is 7.53. The number of nitrogens with one attached hydrogen (secondary N) is 2. The molecular formula is C20H30N2O6S. The predicted octanol–water partition coefficient (Wildman–Crippen LogP) is 1.99. The summed E-state index contributed by atoms with van der Waals surface area (Å²) in [5, 5.41) is 2.86. The summed E-state index contributed by atoms with van der Waals surface area (Å²) >= 11 is 0. The number of ether oxygens (including phenoxy) is 2. The van der Waals surface area contributed by atoms with Crippen molar-refractivity contribution in [3.63, 3.8) is 0 Å². The summed E-state index contributed by atoms with van der Waals surface area (Å²) in [6.45, 7) is 2.97. The number of carbonyl (C=O) groups is 2. The van der Waals surface area contributed by atoms with Gasteiger partial charge in [0.1, 0.15) is 11.8 Å². The number of carbonyl (C=O) groups excluding carboxylic acids is 2. The first kappa shape index (κ1) is 23.2. The van der Waals surface area contributed by atoms with E-state index in [-0.39, 0.29) is 22.8 Å². The van der Waals surface area contributed by atoms with E-state index in [0.29, 0.717) is 5.75 Å². The lowest BCUT2D eigenvalue weighted by Crippen LogP contribution is -2.46. The van der Waals surface area contributed by atoms with Gasteiger partial charge in [-0.1, -0.05) is 33.1 Å². The SMILES string of the molecule is COc1ccc(S(=O)(=O)N[C@H](C(=O)OCC(=O)NC2CCCCC2)C(C)C)cc1. The zero-order chi connectivity index (χ0) is 21.4. The van der Waals surface area contributed by atoms with Gasteiger partial charge in [0.05, 0.1) is 12.0 Å². The quantitative estimate of drug-likeness (QED) is 0.584. The van der Waals surface area contributed by atoms with Crippen LogP contribution in [0.5, 0.6) is 5.75 Å². The third-order valence-electron chi connectivity index (χ3n) is 4.89. The molecule has 1 saturated carbocycles. The normalized spacial score (nSPS) is 16.3. The molecule has 29 heavy (non-hydrogen) atoms. The average Bonchev–Trinajstić information content (AvgIpc) is 2.71.